The number of hydrogen-bond acceptors (Lipinski definition) is 3. The van der Waals surface area contributed by atoms with Gasteiger partial charge in [-0.2, -0.15) is 0 Å². The minimum atomic E-state index is -0.254. The maximum Gasteiger partial charge on any atom is 0.336 e. The molecule has 1 saturated heterocycles. The molecule has 0 aliphatic carbocycles. The van der Waals surface area contributed by atoms with Gasteiger partial charge < -0.3 is 14.2 Å². The number of para-hydroxylation sites is 1. The number of fused-ring (bicyclic) bond motifs is 1. The van der Waals surface area contributed by atoms with Crippen molar-refractivity contribution in [1.29, 1.82) is 0 Å². The highest BCUT2D eigenvalue weighted by atomic mass is 16.4. The van der Waals surface area contributed by atoms with Crippen molar-refractivity contribution in [3.05, 3.63) is 76.1 Å². The molecule has 3 aromatic rings. The molecule has 0 spiro atoms. The van der Waals surface area contributed by atoms with Gasteiger partial charge in [-0.25, -0.2) is 4.79 Å². The van der Waals surface area contributed by atoms with E-state index in [9.17, 15) is 4.79 Å². The lowest BCUT2D eigenvalue weighted by Crippen LogP contribution is -3.13. The van der Waals surface area contributed by atoms with E-state index in [0.29, 0.717) is 5.58 Å². The van der Waals surface area contributed by atoms with E-state index in [1.165, 1.54) is 10.6 Å². The van der Waals surface area contributed by atoms with E-state index in [0.717, 1.165) is 49.2 Å². The van der Waals surface area contributed by atoms with E-state index in [1.54, 1.807) is 6.07 Å². The number of anilines is 1. The third-order valence-electron chi connectivity index (χ3n) is 5.02. The van der Waals surface area contributed by atoms with Gasteiger partial charge in [0, 0.05) is 22.7 Å². The molecular weight excluding hydrogens is 312 g/mol. The zero-order chi connectivity index (χ0) is 17.2. The van der Waals surface area contributed by atoms with Crippen molar-refractivity contribution in [2.75, 3.05) is 31.1 Å². The quantitative estimate of drug-likeness (QED) is 0.744. The predicted molar refractivity (Wildman–Crippen MR) is 100 cm³/mol. The fourth-order valence-electron chi connectivity index (χ4n) is 3.65. The van der Waals surface area contributed by atoms with Gasteiger partial charge in [-0.15, -0.1) is 0 Å². The van der Waals surface area contributed by atoms with Crippen molar-refractivity contribution >= 4 is 16.7 Å². The van der Waals surface area contributed by atoms with Crippen LogP contribution in [0, 0.1) is 6.92 Å². The molecule has 4 rings (SSSR count). The van der Waals surface area contributed by atoms with Crippen molar-refractivity contribution in [2.45, 2.75) is 13.5 Å². The first-order valence-corrected chi connectivity index (χ1v) is 8.86. The van der Waals surface area contributed by atoms with E-state index < -0.39 is 0 Å². The Morgan fingerprint density at radius 1 is 1.04 bits per heavy atom. The largest absolute Gasteiger partial charge is 0.423 e. The molecular formula is C21H23N2O2+. The third kappa shape index (κ3) is 3.44. The Kier molecular flexibility index (Phi) is 4.28. The van der Waals surface area contributed by atoms with Gasteiger partial charge in [0.15, 0.2) is 0 Å². The second kappa shape index (κ2) is 6.73. The van der Waals surface area contributed by atoms with Crippen molar-refractivity contribution in [3.63, 3.8) is 0 Å². The lowest BCUT2D eigenvalue weighted by Gasteiger charge is -2.33. The maximum absolute atomic E-state index is 11.9. The van der Waals surface area contributed by atoms with Crippen LogP contribution in [0.15, 0.2) is 63.8 Å². The summed E-state index contributed by atoms with van der Waals surface area (Å²) in [5.74, 6) is 0. The molecule has 0 radical (unpaired) electrons. The smallest absolute Gasteiger partial charge is 0.336 e. The Morgan fingerprint density at radius 3 is 2.56 bits per heavy atom. The number of piperazine rings is 1. The summed E-state index contributed by atoms with van der Waals surface area (Å²) < 4.78 is 5.37. The highest BCUT2D eigenvalue weighted by molar-refractivity contribution is 5.80. The predicted octanol–water partition coefficient (Wildman–Crippen LogP) is 2.01. The molecule has 1 aromatic heterocycles. The van der Waals surface area contributed by atoms with E-state index in [4.69, 9.17) is 4.42 Å². The second-order valence-corrected chi connectivity index (χ2v) is 6.84. The van der Waals surface area contributed by atoms with Gasteiger partial charge in [-0.05, 0) is 30.7 Å². The average molecular weight is 335 g/mol. The van der Waals surface area contributed by atoms with E-state index >= 15 is 0 Å². The van der Waals surface area contributed by atoms with Gasteiger partial charge in [0.1, 0.15) is 12.1 Å². The van der Waals surface area contributed by atoms with Crippen molar-refractivity contribution < 1.29 is 9.32 Å². The molecule has 0 unspecified atom stereocenters. The molecule has 4 heteroatoms. The molecule has 1 fully saturated rings. The van der Waals surface area contributed by atoms with Crippen LogP contribution in [0.3, 0.4) is 0 Å². The zero-order valence-corrected chi connectivity index (χ0v) is 14.5. The van der Waals surface area contributed by atoms with Gasteiger partial charge in [0.2, 0.25) is 0 Å². The van der Waals surface area contributed by atoms with E-state index in [2.05, 4.69) is 47.4 Å². The molecule has 0 atom stereocenters. The van der Waals surface area contributed by atoms with Crippen LogP contribution in [0.2, 0.25) is 0 Å². The maximum atomic E-state index is 11.9. The Bertz CT molecular complexity index is 926. The highest BCUT2D eigenvalue weighted by Gasteiger charge is 2.21. The second-order valence-electron chi connectivity index (χ2n) is 6.84. The monoisotopic (exact) mass is 335 g/mol. The summed E-state index contributed by atoms with van der Waals surface area (Å²) in [5.41, 5.74) is 3.94. The molecule has 1 N–H and O–H groups in total. The standard InChI is InChI=1S/C21H22N2O2/c1-16-7-8-19-17(14-21(24)25-20(19)13-16)15-22-9-11-23(12-10-22)18-5-3-2-4-6-18/h2-8,13-14H,9-12,15H2,1H3/p+1. The lowest BCUT2D eigenvalue weighted by molar-refractivity contribution is -0.914. The molecule has 0 saturated carbocycles. The first-order valence-electron chi connectivity index (χ1n) is 8.86. The van der Waals surface area contributed by atoms with Gasteiger partial charge in [0.25, 0.3) is 0 Å². The number of nitrogens with one attached hydrogen (secondary N) is 1. The molecule has 1 aliphatic heterocycles. The summed E-state index contributed by atoms with van der Waals surface area (Å²) in [6, 6.07) is 18.3. The zero-order valence-electron chi connectivity index (χ0n) is 14.5. The molecule has 0 bridgehead atoms. The Labute approximate surface area is 147 Å². The van der Waals surface area contributed by atoms with Crippen LogP contribution >= 0.6 is 0 Å². The SMILES string of the molecule is Cc1ccc2c(C[NH+]3CCN(c4ccccc4)CC3)cc(=O)oc2c1. The summed E-state index contributed by atoms with van der Waals surface area (Å²) in [7, 11) is 0. The fourth-order valence-corrected chi connectivity index (χ4v) is 3.65. The highest BCUT2D eigenvalue weighted by Crippen LogP contribution is 2.18. The van der Waals surface area contributed by atoms with E-state index in [1.807, 2.05) is 13.0 Å². The van der Waals surface area contributed by atoms with Crippen LogP contribution in [0.4, 0.5) is 5.69 Å². The molecule has 128 valence electrons. The summed E-state index contributed by atoms with van der Waals surface area (Å²) in [6.45, 7) is 7.11. The van der Waals surface area contributed by atoms with Crippen molar-refractivity contribution in [1.82, 2.24) is 0 Å². The first-order chi connectivity index (χ1) is 12.2. The third-order valence-corrected chi connectivity index (χ3v) is 5.02. The number of quaternary nitrogens is 1. The first kappa shape index (κ1) is 15.9. The van der Waals surface area contributed by atoms with Gasteiger partial charge >= 0.3 is 5.63 Å². The minimum Gasteiger partial charge on any atom is -0.423 e. The normalized spacial score (nSPS) is 15.6. The number of benzene rings is 2. The van der Waals surface area contributed by atoms with Crippen molar-refractivity contribution in [2.24, 2.45) is 0 Å². The summed E-state index contributed by atoms with van der Waals surface area (Å²) in [5, 5.41) is 1.06. The molecule has 25 heavy (non-hydrogen) atoms. The summed E-state index contributed by atoms with van der Waals surface area (Å²) in [6.07, 6.45) is 0. The Hall–Kier alpha value is -2.59. The van der Waals surface area contributed by atoms with Crippen LogP contribution in [-0.2, 0) is 6.54 Å². The van der Waals surface area contributed by atoms with Crippen LogP contribution in [0.5, 0.6) is 0 Å². The van der Waals surface area contributed by atoms with Gasteiger partial charge in [-0.1, -0.05) is 30.3 Å². The van der Waals surface area contributed by atoms with Crippen molar-refractivity contribution in [3.8, 4) is 0 Å². The average Bonchev–Trinajstić information content (AvgIpc) is 2.62. The minimum absolute atomic E-state index is 0.254. The fraction of sp³-hybridized carbons (Fsp3) is 0.286. The van der Waals surface area contributed by atoms with E-state index in [-0.39, 0.29) is 5.63 Å². The van der Waals surface area contributed by atoms with Crippen LogP contribution in [0.25, 0.3) is 11.0 Å². The lowest BCUT2D eigenvalue weighted by atomic mass is 10.1. The number of nitrogens with zero attached hydrogens (tertiary/aromatic N) is 1. The summed E-state index contributed by atoms with van der Waals surface area (Å²) in [4.78, 5) is 15.9. The van der Waals surface area contributed by atoms with Gasteiger partial charge in [0.05, 0.1) is 26.2 Å². The molecule has 4 nitrogen and oxygen atoms in total. The topological polar surface area (TPSA) is 37.9 Å². The van der Waals surface area contributed by atoms with Gasteiger partial charge in [-0.3, -0.25) is 0 Å². The van der Waals surface area contributed by atoms with Crippen LogP contribution in [0.1, 0.15) is 11.1 Å². The number of hydrogen-bond donors (Lipinski definition) is 1. The molecule has 2 heterocycles. The van der Waals surface area contributed by atoms with Crippen LogP contribution < -0.4 is 15.4 Å². The molecule has 0 amide bonds. The Morgan fingerprint density at radius 2 is 1.80 bits per heavy atom. The Balaban J connectivity index is 1.50. The van der Waals surface area contributed by atoms with Crippen LogP contribution in [-0.4, -0.2) is 26.2 Å². The number of rotatable bonds is 3. The molecule has 1 aliphatic rings. The molecule has 2 aromatic carbocycles. The number of aryl methyl sites for hydroxylation is 1. The summed E-state index contributed by atoms with van der Waals surface area (Å²) >= 11 is 0.